The first-order chi connectivity index (χ1) is 14.9. The maximum atomic E-state index is 13.3. The molecule has 4 rings (SSSR count). The number of aryl methyl sites for hydroxylation is 1. The molecule has 7 nitrogen and oxygen atoms in total. The first-order valence-electron chi connectivity index (χ1n) is 10.8. The highest BCUT2D eigenvalue weighted by Crippen LogP contribution is 2.34. The van der Waals surface area contributed by atoms with Crippen LogP contribution in [-0.2, 0) is 22.6 Å². The lowest BCUT2D eigenvalue weighted by Crippen LogP contribution is -2.40. The maximum absolute atomic E-state index is 13.3. The van der Waals surface area contributed by atoms with Crippen LogP contribution in [0.15, 0.2) is 24.3 Å². The fourth-order valence-corrected chi connectivity index (χ4v) is 4.46. The van der Waals surface area contributed by atoms with Crippen molar-refractivity contribution in [2.75, 3.05) is 24.5 Å². The van der Waals surface area contributed by atoms with E-state index in [1.807, 2.05) is 6.92 Å². The molecule has 8 heteroatoms. The van der Waals surface area contributed by atoms with Gasteiger partial charge in [-0.3, -0.25) is 9.59 Å². The van der Waals surface area contributed by atoms with Gasteiger partial charge in [-0.05, 0) is 50.3 Å². The summed E-state index contributed by atoms with van der Waals surface area (Å²) < 4.78 is 13.3. The molecule has 0 radical (unpaired) electrons. The lowest BCUT2D eigenvalue weighted by molar-refractivity contribution is -0.133. The average Bonchev–Trinajstić information content (AvgIpc) is 3.24. The number of carbonyl (C=O) groups is 2. The standard InChI is InChI=1S/C23H28FN5O2/c1-15-19-5-3-11-28(14-17-7-9-18(24)10-8-17)23(19)27-22(26-15)20-6-4-12-29(20)21(31)13-25-16(2)30/h7-10,20H,3-6,11-14H2,1-2H3,(H,25,30)/t20-/m0/s1. The Balaban J connectivity index is 1.60. The summed E-state index contributed by atoms with van der Waals surface area (Å²) in [5.74, 6) is 1.00. The molecule has 2 aliphatic heterocycles. The zero-order chi connectivity index (χ0) is 22.0. The zero-order valence-electron chi connectivity index (χ0n) is 18.0. The molecule has 1 aromatic carbocycles. The quantitative estimate of drug-likeness (QED) is 0.797. The maximum Gasteiger partial charge on any atom is 0.242 e. The van der Waals surface area contributed by atoms with Gasteiger partial charge in [0.25, 0.3) is 0 Å². The van der Waals surface area contributed by atoms with E-state index in [4.69, 9.17) is 9.97 Å². The fraction of sp³-hybridized carbons (Fsp3) is 0.478. The number of fused-ring (bicyclic) bond motifs is 1. The third-order valence-corrected chi connectivity index (χ3v) is 6.01. The van der Waals surface area contributed by atoms with Crippen molar-refractivity contribution < 1.29 is 14.0 Å². The van der Waals surface area contributed by atoms with Crippen molar-refractivity contribution in [1.29, 1.82) is 0 Å². The van der Waals surface area contributed by atoms with Crippen molar-refractivity contribution >= 4 is 17.6 Å². The van der Waals surface area contributed by atoms with Crippen LogP contribution in [0.25, 0.3) is 0 Å². The van der Waals surface area contributed by atoms with Crippen LogP contribution in [0.3, 0.4) is 0 Å². The molecule has 2 amide bonds. The predicted molar refractivity (Wildman–Crippen MR) is 115 cm³/mol. The largest absolute Gasteiger partial charge is 0.352 e. The molecule has 1 atom stereocenters. The topological polar surface area (TPSA) is 78.4 Å². The zero-order valence-corrected chi connectivity index (χ0v) is 18.0. The Morgan fingerprint density at radius 2 is 1.94 bits per heavy atom. The number of nitrogens with one attached hydrogen (secondary N) is 1. The van der Waals surface area contributed by atoms with Crippen molar-refractivity contribution in [3.8, 4) is 0 Å². The molecular weight excluding hydrogens is 397 g/mol. The van der Waals surface area contributed by atoms with E-state index in [2.05, 4.69) is 10.2 Å². The van der Waals surface area contributed by atoms with Crippen molar-refractivity contribution in [3.05, 3.63) is 52.7 Å². The number of rotatable bonds is 5. The molecule has 0 bridgehead atoms. The Bertz CT molecular complexity index is 979. The number of nitrogens with zero attached hydrogens (tertiary/aromatic N) is 4. The van der Waals surface area contributed by atoms with E-state index in [0.29, 0.717) is 18.9 Å². The monoisotopic (exact) mass is 425 g/mol. The van der Waals surface area contributed by atoms with Crippen molar-refractivity contribution in [2.45, 2.75) is 52.1 Å². The molecule has 0 aliphatic carbocycles. The minimum absolute atomic E-state index is 0.00749. The number of hydrogen-bond acceptors (Lipinski definition) is 5. The first kappa shape index (κ1) is 21.2. The van der Waals surface area contributed by atoms with Gasteiger partial charge in [-0.25, -0.2) is 14.4 Å². The number of carbonyl (C=O) groups excluding carboxylic acids is 2. The number of anilines is 1. The van der Waals surface area contributed by atoms with E-state index in [1.54, 1.807) is 17.0 Å². The highest BCUT2D eigenvalue weighted by atomic mass is 19.1. The molecular formula is C23H28FN5O2. The van der Waals surface area contributed by atoms with Crippen LogP contribution < -0.4 is 10.2 Å². The summed E-state index contributed by atoms with van der Waals surface area (Å²) in [6, 6.07) is 6.39. The van der Waals surface area contributed by atoms with Crippen LogP contribution in [0.2, 0.25) is 0 Å². The molecule has 2 aromatic rings. The third kappa shape index (κ3) is 4.68. The Kier molecular flexibility index (Phi) is 6.15. The van der Waals surface area contributed by atoms with Gasteiger partial charge < -0.3 is 15.1 Å². The summed E-state index contributed by atoms with van der Waals surface area (Å²) in [4.78, 5) is 37.6. The molecule has 3 heterocycles. The molecule has 1 fully saturated rings. The van der Waals surface area contributed by atoms with Crippen LogP contribution in [0.1, 0.15) is 54.9 Å². The Morgan fingerprint density at radius 3 is 2.68 bits per heavy atom. The van der Waals surface area contributed by atoms with Crippen molar-refractivity contribution in [3.63, 3.8) is 0 Å². The minimum Gasteiger partial charge on any atom is -0.352 e. The van der Waals surface area contributed by atoms with E-state index < -0.39 is 0 Å². The van der Waals surface area contributed by atoms with Gasteiger partial charge >= 0.3 is 0 Å². The van der Waals surface area contributed by atoms with Crippen LogP contribution in [0, 0.1) is 12.7 Å². The first-order valence-corrected chi connectivity index (χ1v) is 10.8. The second kappa shape index (κ2) is 8.99. The Labute approximate surface area is 181 Å². The van der Waals surface area contributed by atoms with Gasteiger partial charge in [-0.1, -0.05) is 12.1 Å². The van der Waals surface area contributed by atoms with Crippen molar-refractivity contribution in [1.82, 2.24) is 20.2 Å². The van der Waals surface area contributed by atoms with Crippen LogP contribution >= 0.6 is 0 Å². The minimum atomic E-state index is -0.242. The average molecular weight is 426 g/mol. The predicted octanol–water partition coefficient (Wildman–Crippen LogP) is 2.68. The number of aromatic nitrogens is 2. The second-order valence-electron chi connectivity index (χ2n) is 8.28. The van der Waals surface area contributed by atoms with Gasteiger partial charge in [0.2, 0.25) is 11.8 Å². The third-order valence-electron chi connectivity index (χ3n) is 6.01. The smallest absolute Gasteiger partial charge is 0.242 e. The summed E-state index contributed by atoms with van der Waals surface area (Å²) in [6.45, 7) is 5.56. The van der Waals surface area contributed by atoms with E-state index in [1.165, 1.54) is 19.1 Å². The normalized spacial score (nSPS) is 18.1. The van der Waals surface area contributed by atoms with Crippen LogP contribution in [0.5, 0.6) is 0 Å². The lowest BCUT2D eigenvalue weighted by atomic mass is 10.0. The summed E-state index contributed by atoms with van der Waals surface area (Å²) in [7, 11) is 0. The number of likely N-dealkylation sites (tertiary alicyclic amines) is 1. The second-order valence-corrected chi connectivity index (χ2v) is 8.28. The highest BCUT2D eigenvalue weighted by Gasteiger charge is 2.33. The van der Waals surface area contributed by atoms with Crippen LogP contribution in [0.4, 0.5) is 10.2 Å². The fourth-order valence-electron chi connectivity index (χ4n) is 4.46. The molecule has 1 saturated heterocycles. The Hall–Kier alpha value is -3.03. The lowest BCUT2D eigenvalue weighted by Gasteiger charge is -2.32. The van der Waals surface area contributed by atoms with E-state index >= 15 is 0 Å². The SMILES string of the molecule is CC(=O)NCC(=O)N1CCC[C@H]1c1nc(C)c2c(n1)N(Cc1ccc(F)cc1)CCC2. The van der Waals surface area contributed by atoms with Crippen molar-refractivity contribution in [2.24, 2.45) is 0 Å². The number of amides is 2. The molecule has 1 aromatic heterocycles. The van der Waals surface area contributed by atoms with Gasteiger partial charge in [0, 0.05) is 37.8 Å². The van der Waals surface area contributed by atoms with E-state index in [9.17, 15) is 14.0 Å². The van der Waals surface area contributed by atoms with Gasteiger partial charge in [0.1, 0.15) is 11.6 Å². The molecule has 2 aliphatic rings. The molecule has 31 heavy (non-hydrogen) atoms. The summed E-state index contributed by atoms with van der Waals surface area (Å²) in [5, 5.41) is 2.59. The number of halogens is 1. The molecule has 164 valence electrons. The summed E-state index contributed by atoms with van der Waals surface area (Å²) >= 11 is 0. The molecule has 0 unspecified atom stereocenters. The van der Waals surface area contributed by atoms with Gasteiger partial charge in [0.05, 0.1) is 12.6 Å². The molecule has 0 spiro atoms. The van der Waals surface area contributed by atoms with E-state index in [-0.39, 0.29) is 30.2 Å². The Morgan fingerprint density at radius 1 is 1.16 bits per heavy atom. The highest BCUT2D eigenvalue weighted by molar-refractivity contribution is 5.84. The number of benzene rings is 1. The van der Waals surface area contributed by atoms with Gasteiger partial charge in [0.15, 0.2) is 5.82 Å². The molecule has 1 N–H and O–H groups in total. The van der Waals surface area contributed by atoms with E-state index in [0.717, 1.165) is 54.9 Å². The summed E-state index contributed by atoms with van der Waals surface area (Å²) in [6.07, 6.45) is 3.64. The van der Waals surface area contributed by atoms with Gasteiger partial charge in [-0.2, -0.15) is 0 Å². The number of hydrogen-bond donors (Lipinski definition) is 1. The molecule has 0 saturated carbocycles. The summed E-state index contributed by atoms with van der Waals surface area (Å²) in [5.41, 5.74) is 3.12. The van der Waals surface area contributed by atoms with Gasteiger partial charge in [-0.15, -0.1) is 0 Å². The van der Waals surface area contributed by atoms with Crippen LogP contribution in [-0.4, -0.2) is 46.3 Å².